The fourth-order valence-electron chi connectivity index (χ4n) is 2.28. The van der Waals surface area contributed by atoms with Crippen molar-refractivity contribution in [1.82, 2.24) is 5.32 Å². The van der Waals surface area contributed by atoms with Crippen molar-refractivity contribution < 1.29 is 8.78 Å². The first-order chi connectivity index (χ1) is 9.70. The smallest absolute Gasteiger partial charge is 0.126 e. The third-order valence-corrected chi connectivity index (χ3v) is 3.42. The van der Waals surface area contributed by atoms with Crippen LogP contribution in [0.5, 0.6) is 0 Å². The molecule has 0 aliphatic carbocycles. The molecule has 1 nitrogen and oxygen atoms in total. The Balaban J connectivity index is 1.91. The van der Waals surface area contributed by atoms with E-state index in [9.17, 15) is 8.78 Å². The van der Waals surface area contributed by atoms with Gasteiger partial charge in [0.25, 0.3) is 0 Å². The maximum Gasteiger partial charge on any atom is 0.126 e. The molecule has 0 saturated heterocycles. The number of hydrogen-bond donors (Lipinski definition) is 1. The zero-order valence-corrected chi connectivity index (χ0v) is 11.6. The maximum absolute atomic E-state index is 13.5. The predicted octanol–water partition coefficient (Wildman–Crippen LogP) is 4.25. The SMILES string of the molecule is CCC(NCCc1ccccc1F)c1ccc(F)cc1. The zero-order chi connectivity index (χ0) is 14.4. The Labute approximate surface area is 118 Å². The van der Waals surface area contributed by atoms with Crippen LogP contribution < -0.4 is 5.32 Å². The van der Waals surface area contributed by atoms with E-state index in [2.05, 4.69) is 12.2 Å². The second kappa shape index (κ2) is 7.15. The number of hydrogen-bond acceptors (Lipinski definition) is 1. The number of rotatable bonds is 6. The molecule has 20 heavy (non-hydrogen) atoms. The predicted molar refractivity (Wildman–Crippen MR) is 77.5 cm³/mol. The first-order valence-corrected chi connectivity index (χ1v) is 6.93. The molecule has 1 atom stereocenters. The van der Waals surface area contributed by atoms with Gasteiger partial charge in [-0.3, -0.25) is 0 Å². The highest BCUT2D eigenvalue weighted by atomic mass is 19.1. The molecule has 0 radical (unpaired) electrons. The van der Waals surface area contributed by atoms with E-state index in [0.717, 1.165) is 12.0 Å². The second-order valence-electron chi connectivity index (χ2n) is 4.81. The Hall–Kier alpha value is -1.74. The van der Waals surface area contributed by atoms with E-state index in [1.807, 2.05) is 6.07 Å². The summed E-state index contributed by atoms with van der Waals surface area (Å²) in [5.74, 6) is -0.390. The van der Waals surface area contributed by atoms with Crippen molar-refractivity contribution in [3.63, 3.8) is 0 Å². The molecule has 0 heterocycles. The minimum absolute atomic E-state index is 0.163. The van der Waals surface area contributed by atoms with Gasteiger partial charge in [0.15, 0.2) is 0 Å². The van der Waals surface area contributed by atoms with E-state index in [-0.39, 0.29) is 17.7 Å². The van der Waals surface area contributed by atoms with E-state index in [1.54, 1.807) is 24.3 Å². The van der Waals surface area contributed by atoms with Crippen molar-refractivity contribution in [1.29, 1.82) is 0 Å². The molecule has 1 unspecified atom stereocenters. The Morgan fingerprint density at radius 3 is 2.35 bits per heavy atom. The van der Waals surface area contributed by atoms with Crippen LogP contribution in [0.1, 0.15) is 30.5 Å². The first kappa shape index (κ1) is 14.7. The van der Waals surface area contributed by atoms with Crippen LogP contribution in [-0.2, 0) is 6.42 Å². The molecule has 2 aromatic carbocycles. The van der Waals surface area contributed by atoms with Gasteiger partial charge in [0.1, 0.15) is 11.6 Å². The van der Waals surface area contributed by atoms with Crippen LogP contribution in [0.3, 0.4) is 0 Å². The Kier molecular flexibility index (Phi) is 5.24. The van der Waals surface area contributed by atoms with Gasteiger partial charge in [0, 0.05) is 6.04 Å². The Morgan fingerprint density at radius 1 is 1.00 bits per heavy atom. The lowest BCUT2D eigenvalue weighted by Crippen LogP contribution is -2.23. The Bertz CT molecular complexity index is 537. The Morgan fingerprint density at radius 2 is 1.70 bits per heavy atom. The number of benzene rings is 2. The molecule has 1 N–H and O–H groups in total. The van der Waals surface area contributed by atoms with Crippen molar-refractivity contribution in [2.75, 3.05) is 6.54 Å². The van der Waals surface area contributed by atoms with Gasteiger partial charge in [-0.25, -0.2) is 8.78 Å². The van der Waals surface area contributed by atoms with E-state index in [4.69, 9.17) is 0 Å². The normalized spacial score (nSPS) is 12.3. The molecule has 0 spiro atoms. The molecule has 3 heteroatoms. The second-order valence-corrected chi connectivity index (χ2v) is 4.81. The monoisotopic (exact) mass is 275 g/mol. The van der Waals surface area contributed by atoms with Crippen LogP contribution >= 0.6 is 0 Å². The van der Waals surface area contributed by atoms with Gasteiger partial charge >= 0.3 is 0 Å². The highest BCUT2D eigenvalue weighted by Crippen LogP contribution is 2.17. The molecule has 0 fully saturated rings. The third-order valence-electron chi connectivity index (χ3n) is 3.42. The van der Waals surface area contributed by atoms with Crippen molar-refractivity contribution in [3.8, 4) is 0 Å². The van der Waals surface area contributed by atoms with Gasteiger partial charge in [-0.05, 0) is 48.7 Å². The summed E-state index contributed by atoms with van der Waals surface area (Å²) < 4.78 is 26.4. The molecule has 0 saturated carbocycles. The topological polar surface area (TPSA) is 12.0 Å². The first-order valence-electron chi connectivity index (χ1n) is 6.93. The standard InChI is InChI=1S/C17H19F2N/c1-2-17(14-7-9-15(18)10-8-14)20-12-11-13-5-3-4-6-16(13)19/h3-10,17,20H,2,11-12H2,1H3. The van der Waals surface area contributed by atoms with Gasteiger partial charge in [-0.2, -0.15) is 0 Å². The van der Waals surface area contributed by atoms with Gasteiger partial charge < -0.3 is 5.32 Å². The fraction of sp³-hybridized carbons (Fsp3) is 0.294. The average Bonchev–Trinajstić information content (AvgIpc) is 2.47. The lowest BCUT2D eigenvalue weighted by atomic mass is 10.0. The van der Waals surface area contributed by atoms with Gasteiger partial charge in [0.05, 0.1) is 0 Å². The third kappa shape index (κ3) is 3.87. The van der Waals surface area contributed by atoms with Gasteiger partial charge in [0.2, 0.25) is 0 Å². The highest BCUT2D eigenvalue weighted by Gasteiger charge is 2.09. The van der Waals surface area contributed by atoms with Crippen LogP contribution in [0.15, 0.2) is 48.5 Å². The lowest BCUT2D eigenvalue weighted by molar-refractivity contribution is 0.514. The van der Waals surface area contributed by atoms with Crippen molar-refractivity contribution in [3.05, 3.63) is 71.3 Å². The molecular formula is C17H19F2N. The average molecular weight is 275 g/mol. The van der Waals surface area contributed by atoms with E-state index >= 15 is 0 Å². The van der Waals surface area contributed by atoms with Gasteiger partial charge in [-0.15, -0.1) is 0 Å². The minimum atomic E-state index is -0.227. The van der Waals surface area contributed by atoms with Crippen LogP contribution in [0.2, 0.25) is 0 Å². The molecule has 0 aliphatic heterocycles. The van der Waals surface area contributed by atoms with Gasteiger partial charge in [-0.1, -0.05) is 37.3 Å². The molecule has 0 aromatic heterocycles. The zero-order valence-electron chi connectivity index (χ0n) is 11.6. The molecule has 0 amide bonds. The summed E-state index contributed by atoms with van der Waals surface area (Å²) in [5.41, 5.74) is 1.77. The van der Waals surface area contributed by atoms with Crippen LogP contribution in [0.25, 0.3) is 0 Å². The summed E-state index contributed by atoms with van der Waals surface area (Å²) in [5, 5.41) is 3.39. The quantitative estimate of drug-likeness (QED) is 0.831. The van der Waals surface area contributed by atoms with Crippen molar-refractivity contribution >= 4 is 0 Å². The summed E-state index contributed by atoms with van der Waals surface area (Å²) in [6, 6.07) is 13.5. The van der Waals surface area contributed by atoms with Crippen LogP contribution in [0.4, 0.5) is 8.78 Å². The lowest BCUT2D eigenvalue weighted by Gasteiger charge is -2.17. The summed E-state index contributed by atoms with van der Waals surface area (Å²) in [6.07, 6.45) is 1.55. The van der Waals surface area contributed by atoms with Crippen molar-refractivity contribution in [2.24, 2.45) is 0 Å². The van der Waals surface area contributed by atoms with E-state index < -0.39 is 0 Å². The number of nitrogens with one attached hydrogen (secondary N) is 1. The molecule has 2 rings (SSSR count). The molecule has 0 bridgehead atoms. The maximum atomic E-state index is 13.5. The van der Waals surface area contributed by atoms with Crippen LogP contribution in [-0.4, -0.2) is 6.54 Å². The summed E-state index contributed by atoms with van der Waals surface area (Å²) in [6.45, 7) is 2.76. The molecular weight excluding hydrogens is 256 g/mol. The molecule has 106 valence electrons. The minimum Gasteiger partial charge on any atom is -0.310 e. The fourth-order valence-corrected chi connectivity index (χ4v) is 2.28. The highest BCUT2D eigenvalue weighted by molar-refractivity contribution is 5.20. The van der Waals surface area contributed by atoms with E-state index in [0.29, 0.717) is 18.5 Å². The summed E-state index contributed by atoms with van der Waals surface area (Å²) in [4.78, 5) is 0. The van der Waals surface area contributed by atoms with Crippen LogP contribution in [0, 0.1) is 11.6 Å². The number of halogens is 2. The van der Waals surface area contributed by atoms with E-state index in [1.165, 1.54) is 18.2 Å². The molecule has 0 aliphatic rings. The summed E-state index contributed by atoms with van der Waals surface area (Å²) >= 11 is 0. The summed E-state index contributed by atoms with van der Waals surface area (Å²) in [7, 11) is 0. The largest absolute Gasteiger partial charge is 0.310 e. The van der Waals surface area contributed by atoms with Crippen molar-refractivity contribution in [2.45, 2.75) is 25.8 Å². The molecule has 2 aromatic rings.